The summed E-state index contributed by atoms with van der Waals surface area (Å²) in [6.45, 7) is 2.33. The average Bonchev–Trinajstić information content (AvgIpc) is 2.68. The van der Waals surface area contributed by atoms with E-state index in [-0.39, 0.29) is 0 Å². The molecule has 0 spiro atoms. The van der Waals surface area contributed by atoms with Gasteiger partial charge >= 0.3 is 0 Å². The normalized spacial score (nSPS) is 34.3. The SMILES string of the molecule is Cc1ccc(SC2OC3COC(c4ccccc4)OC3C(O)C2O)cc1. The number of benzene rings is 2. The van der Waals surface area contributed by atoms with E-state index in [9.17, 15) is 10.2 Å². The van der Waals surface area contributed by atoms with Crippen LogP contribution in [0.4, 0.5) is 0 Å². The third-order valence-electron chi connectivity index (χ3n) is 4.68. The van der Waals surface area contributed by atoms with Crippen LogP contribution in [0.15, 0.2) is 59.5 Å². The van der Waals surface area contributed by atoms with Crippen LogP contribution in [0, 0.1) is 6.92 Å². The van der Waals surface area contributed by atoms with Gasteiger partial charge in [0.25, 0.3) is 0 Å². The minimum Gasteiger partial charge on any atom is -0.387 e. The molecule has 2 fully saturated rings. The Morgan fingerprint density at radius 2 is 1.65 bits per heavy atom. The Hall–Kier alpha value is -1.41. The van der Waals surface area contributed by atoms with Crippen molar-refractivity contribution in [3.05, 3.63) is 65.7 Å². The lowest BCUT2D eigenvalue weighted by Gasteiger charge is -2.46. The van der Waals surface area contributed by atoms with Crippen LogP contribution in [0.25, 0.3) is 0 Å². The number of hydrogen-bond donors (Lipinski definition) is 2. The van der Waals surface area contributed by atoms with Gasteiger partial charge in [-0.3, -0.25) is 0 Å². The van der Waals surface area contributed by atoms with Crippen molar-refractivity contribution < 1.29 is 24.4 Å². The number of aryl methyl sites for hydroxylation is 1. The number of fused-ring (bicyclic) bond motifs is 1. The second kappa shape index (κ2) is 7.68. The van der Waals surface area contributed by atoms with Crippen LogP contribution >= 0.6 is 11.8 Å². The molecule has 6 heteroatoms. The summed E-state index contributed by atoms with van der Waals surface area (Å²) in [6.07, 6.45) is -3.69. The Labute approximate surface area is 156 Å². The summed E-state index contributed by atoms with van der Waals surface area (Å²) in [5, 5.41) is 21.1. The van der Waals surface area contributed by atoms with E-state index in [0.29, 0.717) is 6.61 Å². The van der Waals surface area contributed by atoms with Crippen molar-refractivity contribution in [2.45, 2.75) is 48.0 Å². The highest BCUT2D eigenvalue weighted by Crippen LogP contribution is 2.38. The van der Waals surface area contributed by atoms with E-state index in [1.807, 2.05) is 61.5 Å². The molecule has 26 heavy (non-hydrogen) atoms. The van der Waals surface area contributed by atoms with E-state index in [2.05, 4.69) is 0 Å². The van der Waals surface area contributed by atoms with Gasteiger partial charge in [-0.1, -0.05) is 59.8 Å². The van der Waals surface area contributed by atoms with E-state index >= 15 is 0 Å². The van der Waals surface area contributed by atoms with Gasteiger partial charge in [0, 0.05) is 10.5 Å². The topological polar surface area (TPSA) is 68.2 Å². The number of aliphatic hydroxyl groups is 2. The zero-order valence-electron chi connectivity index (χ0n) is 14.4. The summed E-state index contributed by atoms with van der Waals surface area (Å²) in [5.41, 5.74) is 1.47. The molecule has 6 atom stereocenters. The Morgan fingerprint density at radius 1 is 0.923 bits per heavy atom. The second-order valence-electron chi connectivity index (χ2n) is 6.63. The van der Waals surface area contributed by atoms with Gasteiger partial charge in [0.1, 0.15) is 29.9 Å². The van der Waals surface area contributed by atoms with Crippen LogP contribution in [0.1, 0.15) is 17.4 Å². The van der Waals surface area contributed by atoms with Crippen LogP contribution in [0.2, 0.25) is 0 Å². The van der Waals surface area contributed by atoms with Crippen molar-refractivity contribution >= 4 is 11.8 Å². The predicted octanol–water partition coefficient (Wildman–Crippen LogP) is 2.65. The van der Waals surface area contributed by atoms with Crippen molar-refractivity contribution in [1.82, 2.24) is 0 Å². The molecular formula is C20H22O5S. The van der Waals surface area contributed by atoms with E-state index in [1.165, 1.54) is 17.3 Å². The van der Waals surface area contributed by atoms with Gasteiger partial charge in [0.05, 0.1) is 6.61 Å². The number of hydrogen-bond acceptors (Lipinski definition) is 6. The molecule has 5 nitrogen and oxygen atoms in total. The summed E-state index contributed by atoms with van der Waals surface area (Å²) in [4.78, 5) is 0.977. The summed E-state index contributed by atoms with van der Waals surface area (Å²) in [7, 11) is 0. The van der Waals surface area contributed by atoms with Crippen LogP contribution in [-0.2, 0) is 14.2 Å². The lowest BCUT2D eigenvalue weighted by atomic mass is 9.99. The second-order valence-corrected chi connectivity index (χ2v) is 7.80. The molecule has 0 saturated carbocycles. The van der Waals surface area contributed by atoms with Gasteiger partial charge in [0.15, 0.2) is 6.29 Å². The minimum absolute atomic E-state index is 0.305. The predicted molar refractivity (Wildman–Crippen MR) is 97.7 cm³/mol. The van der Waals surface area contributed by atoms with Crippen molar-refractivity contribution in [1.29, 1.82) is 0 Å². The zero-order chi connectivity index (χ0) is 18.1. The molecule has 2 N–H and O–H groups in total. The summed E-state index contributed by atoms with van der Waals surface area (Å²) < 4.78 is 17.7. The third kappa shape index (κ3) is 3.67. The Balaban J connectivity index is 1.45. The highest BCUT2D eigenvalue weighted by molar-refractivity contribution is 7.99. The average molecular weight is 374 g/mol. The third-order valence-corrected chi connectivity index (χ3v) is 5.84. The molecule has 0 aliphatic carbocycles. The lowest BCUT2D eigenvalue weighted by Crippen LogP contribution is -2.60. The van der Waals surface area contributed by atoms with Crippen LogP contribution in [0.3, 0.4) is 0 Å². The van der Waals surface area contributed by atoms with Crippen molar-refractivity contribution in [2.24, 2.45) is 0 Å². The zero-order valence-corrected chi connectivity index (χ0v) is 15.2. The van der Waals surface area contributed by atoms with Gasteiger partial charge in [-0.2, -0.15) is 0 Å². The highest BCUT2D eigenvalue weighted by Gasteiger charge is 2.49. The molecule has 2 aromatic rings. The largest absolute Gasteiger partial charge is 0.387 e. The van der Waals surface area contributed by atoms with Crippen molar-refractivity contribution in [3.8, 4) is 0 Å². The van der Waals surface area contributed by atoms with Gasteiger partial charge in [0.2, 0.25) is 0 Å². The molecular weight excluding hydrogens is 352 g/mol. The van der Waals surface area contributed by atoms with Crippen LogP contribution in [0.5, 0.6) is 0 Å². The monoisotopic (exact) mass is 374 g/mol. The van der Waals surface area contributed by atoms with E-state index in [0.717, 1.165) is 10.5 Å². The fourth-order valence-corrected chi connectivity index (χ4v) is 4.27. The maximum absolute atomic E-state index is 10.6. The Bertz CT molecular complexity index is 721. The smallest absolute Gasteiger partial charge is 0.184 e. The molecule has 0 bridgehead atoms. The molecule has 2 heterocycles. The molecule has 2 saturated heterocycles. The number of rotatable bonds is 3. The van der Waals surface area contributed by atoms with E-state index < -0.39 is 36.1 Å². The molecule has 4 rings (SSSR count). The molecule has 2 aliphatic rings. The van der Waals surface area contributed by atoms with Gasteiger partial charge in [-0.25, -0.2) is 0 Å². The first-order chi connectivity index (χ1) is 12.6. The summed E-state index contributed by atoms with van der Waals surface area (Å²) >= 11 is 1.39. The molecule has 6 unspecified atom stereocenters. The quantitative estimate of drug-likeness (QED) is 0.861. The molecule has 0 amide bonds. The van der Waals surface area contributed by atoms with Gasteiger partial charge in [-0.05, 0) is 19.1 Å². The first-order valence-electron chi connectivity index (χ1n) is 8.69. The maximum Gasteiger partial charge on any atom is 0.184 e. The molecule has 2 aliphatic heterocycles. The fourth-order valence-electron chi connectivity index (χ4n) is 3.21. The Morgan fingerprint density at radius 3 is 2.38 bits per heavy atom. The molecule has 0 radical (unpaired) electrons. The lowest BCUT2D eigenvalue weighted by molar-refractivity contribution is -0.318. The standard InChI is InChI=1S/C20H22O5S/c1-12-7-9-14(10-8-12)26-20-17(22)16(21)18-15(24-20)11-23-19(25-18)13-5-3-2-4-6-13/h2-10,15-22H,11H2,1H3. The number of ether oxygens (including phenoxy) is 3. The van der Waals surface area contributed by atoms with E-state index in [4.69, 9.17) is 14.2 Å². The fraction of sp³-hybridized carbons (Fsp3) is 0.400. The van der Waals surface area contributed by atoms with Crippen molar-refractivity contribution in [2.75, 3.05) is 6.61 Å². The Kier molecular flexibility index (Phi) is 5.31. The summed E-state index contributed by atoms with van der Waals surface area (Å²) in [6, 6.07) is 17.5. The van der Waals surface area contributed by atoms with Gasteiger partial charge in [-0.15, -0.1) is 0 Å². The van der Waals surface area contributed by atoms with Crippen LogP contribution < -0.4 is 0 Å². The first-order valence-corrected chi connectivity index (χ1v) is 9.57. The number of thioether (sulfide) groups is 1. The highest BCUT2D eigenvalue weighted by atomic mass is 32.2. The summed E-state index contributed by atoms with van der Waals surface area (Å²) in [5.74, 6) is 0. The molecule has 2 aromatic carbocycles. The first kappa shape index (κ1) is 18.0. The van der Waals surface area contributed by atoms with E-state index in [1.54, 1.807) is 0 Å². The molecule has 138 valence electrons. The molecule has 0 aromatic heterocycles. The van der Waals surface area contributed by atoms with Gasteiger partial charge < -0.3 is 24.4 Å². The maximum atomic E-state index is 10.6. The number of aliphatic hydroxyl groups excluding tert-OH is 2. The van der Waals surface area contributed by atoms with Crippen LogP contribution in [-0.4, -0.2) is 46.7 Å². The van der Waals surface area contributed by atoms with Crippen molar-refractivity contribution in [3.63, 3.8) is 0 Å². The minimum atomic E-state index is -1.04.